The van der Waals surface area contributed by atoms with Gasteiger partial charge in [-0.1, -0.05) is 40.2 Å². The van der Waals surface area contributed by atoms with Crippen molar-refractivity contribution < 1.29 is 4.79 Å². The lowest BCUT2D eigenvalue weighted by Gasteiger charge is -2.40. The molecule has 2 aliphatic rings. The lowest BCUT2D eigenvalue weighted by Crippen LogP contribution is -2.48. The van der Waals surface area contributed by atoms with E-state index in [4.69, 9.17) is 0 Å². The Labute approximate surface area is 224 Å². The van der Waals surface area contributed by atoms with Crippen molar-refractivity contribution in [2.45, 2.75) is 19.4 Å². The minimum absolute atomic E-state index is 0.0383. The standard InChI is InChI=1S/C29H25BrN6O/c30-23-8-9-25-26(15-23)32-19-33-28(25)34-12-10-20(11-13-34)17-35-18-22-5-1-2-7-27(22)36(29(35)37)24-6-3-4-21(14-24)16-31/h1-9,14-15,19-20H,10-13,17-18H2. The molecule has 0 atom stereocenters. The first-order valence-corrected chi connectivity index (χ1v) is 13.2. The maximum atomic E-state index is 13.8. The summed E-state index contributed by atoms with van der Waals surface area (Å²) in [5, 5.41) is 10.4. The molecule has 0 spiro atoms. The van der Waals surface area contributed by atoms with Gasteiger partial charge in [-0.3, -0.25) is 4.90 Å². The van der Waals surface area contributed by atoms with Gasteiger partial charge in [0.1, 0.15) is 12.1 Å². The first kappa shape index (κ1) is 23.4. The van der Waals surface area contributed by atoms with Gasteiger partial charge in [0.05, 0.1) is 28.5 Å². The van der Waals surface area contributed by atoms with Crippen LogP contribution in [-0.4, -0.2) is 40.5 Å². The van der Waals surface area contributed by atoms with Gasteiger partial charge in [0, 0.05) is 36.0 Å². The second kappa shape index (κ2) is 9.83. The zero-order valence-electron chi connectivity index (χ0n) is 20.2. The third kappa shape index (κ3) is 4.51. The molecule has 37 heavy (non-hydrogen) atoms. The molecule has 3 aromatic carbocycles. The number of benzene rings is 3. The van der Waals surface area contributed by atoms with Gasteiger partial charge in [-0.15, -0.1) is 0 Å². The molecule has 0 N–H and O–H groups in total. The third-order valence-electron chi connectivity index (χ3n) is 7.26. The average Bonchev–Trinajstić information content (AvgIpc) is 2.93. The summed E-state index contributed by atoms with van der Waals surface area (Å²) in [6.45, 7) is 3.07. The molecule has 6 rings (SSSR count). The first-order valence-electron chi connectivity index (χ1n) is 12.4. The molecule has 0 bridgehead atoms. The lowest BCUT2D eigenvalue weighted by molar-refractivity contribution is 0.184. The molecule has 0 saturated carbocycles. The smallest absolute Gasteiger partial charge is 0.329 e. The van der Waals surface area contributed by atoms with E-state index in [0.717, 1.165) is 64.1 Å². The van der Waals surface area contributed by atoms with E-state index in [0.29, 0.717) is 24.6 Å². The molecule has 1 aromatic heterocycles. The van der Waals surface area contributed by atoms with Crippen LogP contribution in [0, 0.1) is 17.2 Å². The van der Waals surface area contributed by atoms with Gasteiger partial charge in [0.2, 0.25) is 0 Å². The van der Waals surface area contributed by atoms with Crippen molar-refractivity contribution in [3.63, 3.8) is 0 Å². The summed E-state index contributed by atoms with van der Waals surface area (Å²) in [5.74, 6) is 1.38. The zero-order valence-corrected chi connectivity index (χ0v) is 21.8. The fraction of sp³-hybridized carbons (Fsp3) is 0.241. The molecule has 2 aliphatic heterocycles. The number of carbonyl (C=O) groups is 1. The molecule has 1 saturated heterocycles. The molecule has 1 fully saturated rings. The highest BCUT2D eigenvalue weighted by Gasteiger charge is 2.33. The maximum absolute atomic E-state index is 13.8. The third-order valence-corrected chi connectivity index (χ3v) is 7.75. The molecule has 8 heteroatoms. The van der Waals surface area contributed by atoms with Crippen molar-refractivity contribution in [1.29, 1.82) is 5.26 Å². The Morgan fingerprint density at radius 2 is 1.84 bits per heavy atom. The number of nitrogens with zero attached hydrogens (tertiary/aromatic N) is 6. The van der Waals surface area contributed by atoms with E-state index in [1.165, 1.54) is 0 Å². The van der Waals surface area contributed by atoms with Crippen LogP contribution in [-0.2, 0) is 6.54 Å². The molecule has 4 aromatic rings. The van der Waals surface area contributed by atoms with Gasteiger partial charge in [0.15, 0.2) is 0 Å². The number of para-hydroxylation sites is 1. The van der Waals surface area contributed by atoms with Gasteiger partial charge in [0.25, 0.3) is 0 Å². The number of carbonyl (C=O) groups excluding carboxylic acids is 1. The van der Waals surface area contributed by atoms with Crippen LogP contribution >= 0.6 is 15.9 Å². The van der Waals surface area contributed by atoms with E-state index in [1.807, 2.05) is 47.4 Å². The number of urea groups is 1. The van der Waals surface area contributed by atoms with Crippen molar-refractivity contribution in [2.75, 3.05) is 29.4 Å². The van der Waals surface area contributed by atoms with Gasteiger partial charge >= 0.3 is 6.03 Å². The number of amides is 2. The van der Waals surface area contributed by atoms with Crippen LogP contribution in [0.25, 0.3) is 10.9 Å². The highest BCUT2D eigenvalue weighted by molar-refractivity contribution is 9.10. The number of hydrogen-bond donors (Lipinski definition) is 0. The first-order chi connectivity index (χ1) is 18.1. The predicted molar refractivity (Wildman–Crippen MR) is 148 cm³/mol. The molecular formula is C29H25BrN6O. The molecule has 0 unspecified atom stereocenters. The van der Waals surface area contributed by atoms with Crippen molar-refractivity contribution in [1.82, 2.24) is 14.9 Å². The summed E-state index contributed by atoms with van der Waals surface area (Å²) in [6, 6.07) is 23.5. The molecule has 7 nitrogen and oxygen atoms in total. The Morgan fingerprint density at radius 3 is 2.68 bits per heavy atom. The van der Waals surface area contributed by atoms with Crippen molar-refractivity contribution >= 4 is 50.1 Å². The fourth-order valence-corrected chi connectivity index (χ4v) is 5.74. The van der Waals surface area contributed by atoms with Crippen LogP contribution in [0.1, 0.15) is 24.0 Å². The molecule has 184 valence electrons. The molecule has 0 aliphatic carbocycles. The largest absolute Gasteiger partial charge is 0.356 e. The van der Waals surface area contributed by atoms with E-state index in [2.05, 4.69) is 49.0 Å². The number of aromatic nitrogens is 2. The van der Waals surface area contributed by atoms with Gasteiger partial charge in [-0.2, -0.15) is 5.26 Å². The topological polar surface area (TPSA) is 76.4 Å². The van der Waals surface area contributed by atoms with Crippen LogP contribution in [0.15, 0.2) is 77.5 Å². The molecular weight excluding hydrogens is 528 g/mol. The highest BCUT2D eigenvalue weighted by Crippen LogP contribution is 2.36. The Kier molecular flexibility index (Phi) is 6.23. The predicted octanol–water partition coefficient (Wildman–Crippen LogP) is 6.25. The second-order valence-electron chi connectivity index (χ2n) is 9.58. The number of nitriles is 1. The van der Waals surface area contributed by atoms with E-state index in [1.54, 1.807) is 23.4 Å². The summed E-state index contributed by atoms with van der Waals surface area (Å²) in [5.41, 5.74) is 4.19. The quantitative estimate of drug-likeness (QED) is 0.299. The maximum Gasteiger partial charge on any atom is 0.329 e. The minimum atomic E-state index is -0.0383. The SMILES string of the molecule is N#Cc1cccc(N2C(=O)N(CC3CCN(c4ncnc5cc(Br)ccc45)CC3)Cc3ccccc32)c1. The van der Waals surface area contributed by atoms with Gasteiger partial charge in [-0.25, -0.2) is 14.8 Å². The van der Waals surface area contributed by atoms with Crippen molar-refractivity contribution in [2.24, 2.45) is 5.92 Å². The Balaban J connectivity index is 1.20. The number of anilines is 3. The minimum Gasteiger partial charge on any atom is -0.356 e. The summed E-state index contributed by atoms with van der Waals surface area (Å²) in [6.07, 6.45) is 3.60. The number of piperidine rings is 1. The van der Waals surface area contributed by atoms with Gasteiger partial charge < -0.3 is 9.80 Å². The van der Waals surface area contributed by atoms with Crippen LogP contribution < -0.4 is 9.80 Å². The van der Waals surface area contributed by atoms with Crippen LogP contribution in [0.4, 0.5) is 22.0 Å². The van der Waals surface area contributed by atoms with Gasteiger partial charge in [-0.05, 0) is 66.8 Å². The van der Waals surface area contributed by atoms with Crippen LogP contribution in [0.5, 0.6) is 0 Å². The zero-order chi connectivity index (χ0) is 25.4. The highest BCUT2D eigenvalue weighted by atomic mass is 79.9. The summed E-state index contributed by atoms with van der Waals surface area (Å²) >= 11 is 3.53. The van der Waals surface area contributed by atoms with E-state index in [9.17, 15) is 10.1 Å². The van der Waals surface area contributed by atoms with Crippen LogP contribution in [0.2, 0.25) is 0 Å². The Bertz CT molecular complexity index is 1520. The fourth-order valence-electron chi connectivity index (χ4n) is 5.39. The van der Waals surface area contributed by atoms with E-state index >= 15 is 0 Å². The Morgan fingerprint density at radius 1 is 1.00 bits per heavy atom. The monoisotopic (exact) mass is 552 g/mol. The van der Waals surface area contributed by atoms with E-state index < -0.39 is 0 Å². The number of halogens is 1. The molecule has 0 radical (unpaired) electrons. The van der Waals surface area contributed by atoms with Crippen LogP contribution in [0.3, 0.4) is 0 Å². The average molecular weight is 553 g/mol. The summed E-state index contributed by atoms with van der Waals surface area (Å²) in [4.78, 5) is 28.8. The van der Waals surface area contributed by atoms with Crippen molar-refractivity contribution in [3.05, 3.63) is 88.7 Å². The Hall–Kier alpha value is -3.96. The molecule has 3 heterocycles. The van der Waals surface area contributed by atoms with E-state index in [-0.39, 0.29) is 6.03 Å². The second-order valence-corrected chi connectivity index (χ2v) is 10.5. The summed E-state index contributed by atoms with van der Waals surface area (Å²) < 4.78 is 1.00. The number of fused-ring (bicyclic) bond motifs is 2. The van der Waals surface area contributed by atoms with Crippen molar-refractivity contribution in [3.8, 4) is 6.07 Å². The molecule has 2 amide bonds. The number of rotatable bonds is 4. The normalized spacial score (nSPS) is 16.1. The number of hydrogen-bond acceptors (Lipinski definition) is 5. The summed E-state index contributed by atoms with van der Waals surface area (Å²) in [7, 11) is 0. The lowest BCUT2D eigenvalue weighted by atomic mass is 9.95.